The number of methoxy groups -OCH3 is 1. The Morgan fingerprint density at radius 3 is 2.43 bits per heavy atom. The number of nitrogens with zero attached hydrogens (tertiary/aromatic N) is 1. The van der Waals surface area contributed by atoms with Crippen molar-refractivity contribution in [2.24, 2.45) is 11.3 Å². The van der Waals surface area contributed by atoms with Crippen molar-refractivity contribution in [3.8, 4) is 0 Å². The first-order chi connectivity index (χ1) is 10.0. The van der Waals surface area contributed by atoms with Crippen LogP contribution in [0.5, 0.6) is 0 Å². The number of benzene rings is 1. The maximum atomic E-state index is 11.5. The SMILES string of the molecule is COC(=O)CC(C)(C)C1CCN(Cc2ccccc2)CC1. The fourth-order valence-electron chi connectivity index (χ4n) is 3.30. The molecule has 1 aromatic carbocycles. The maximum Gasteiger partial charge on any atom is 0.306 e. The lowest BCUT2D eigenvalue weighted by atomic mass is 9.71. The van der Waals surface area contributed by atoms with Gasteiger partial charge in [0.25, 0.3) is 0 Å². The minimum Gasteiger partial charge on any atom is -0.469 e. The van der Waals surface area contributed by atoms with E-state index in [1.165, 1.54) is 12.7 Å². The topological polar surface area (TPSA) is 29.5 Å². The van der Waals surface area contributed by atoms with Crippen LogP contribution in [0.1, 0.15) is 38.7 Å². The zero-order chi connectivity index (χ0) is 15.3. The molecule has 0 bridgehead atoms. The van der Waals surface area contributed by atoms with Crippen LogP contribution in [0.4, 0.5) is 0 Å². The monoisotopic (exact) mass is 289 g/mol. The number of ether oxygens (including phenoxy) is 1. The molecule has 0 amide bonds. The molecular formula is C18H27NO2. The van der Waals surface area contributed by atoms with E-state index >= 15 is 0 Å². The summed E-state index contributed by atoms with van der Waals surface area (Å²) in [5.41, 5.74) is 1.41. The maximum absolute atomic E-state index is 11.5. The zero-order valence-electron chi connectivity index (χ0n) is 13.5. The average Bonchev–Trinajstić information content (AvgIpc) is 2.48. The molecule has 1 saturated heterocycles. The second kappa shape index (κ2) is 7.08. The van der Waals surface area contributed by atoms with E-state index in [9.17, 15) is 4.79 Å². The minimum absolute atomic E-state index is 0.0337. The number of hydrogen-bond acceptors (Lipinski definition) is 3. The summed E-state index contributed by atoms with van der Waals surface area (Å²) in [5, 5.41) is 0. The summed E-state index contributed by atoms with van der Waals surface area (Å²) >= 11 is 0. The lowest BCUT2D eigenvalue weighted by molar-refractivity contribution is -0.144. The summed E-state index contributed by atoms with van der Waals surface area (Å²) in [6.07, 6.45) is 2.85. The molecule has 116 valence electrons. The van der Waals surface area contributed by atoms with E-state index in [-0.39, 0.29) is 11.4 Å². The van der Waals surface area contributed by atoms with Crippen molar-refractivity contribution < 1.29 is 9.53 Å². The molecule has 3 heteroatoms. The van der Waals surface area contributed by atoms with Crippen molar-refractivity contribution >= 4 is 5.97 Å². The normalized spacial score (nSPS) is 17.7. The fourth-order valence-corrected chi connectivity index (χ4v) is 3.30. The van der Waals surface area contributed by atoms with Gasteiger partial charge in [0.1, 0.15) is 0 Å². The number of carbonyl (C=O) groups excluding carboxylic acids is 1. The molecule has 1 fully saturated rings. The minimum atomic E-state index is -0.0910. The van der Waals surface area contributed by atoms with Gasteiger partial charge in [-0.2, -0.15) is 0 Å². The first-order valence-corrected chi connectivity index (χ1v) is 7.84. The molecule has 1 aliphatic rings. The largest absolute Gasteiger partial charge is 0.469 e. The Labute approximate surface area is 128 Å². The Balaban J connectivity index is 1.84. The van der Waals surface area contributed by atoms with Gasteiger partial charge in [0.2, 0.25) is 0 Å². The van der Waals surface area contributed by atoms with Crippen LogP contribution in [-0.2, 0) is 16.1 Å². The summed E-state index contributed by atoms with van der Waals surface area (Å²) in [6.45, 7) is 7.65. The average molecular weight is 289 g/mol. The van der Waals surface area contributed by atoms with Gasteiger partial charge in [-0.1, -0.05) is 44.2 Å². The molecule has 0 atom stereocenters. The van der Waals surface area contributed by atoms with Gasteiger partial charge in [-0.25, -0.2) is 0 Å². The van der Waals surface area contributed by atoms with Gasteiger partial charge < -0.3 is 4.74 Å². The molecule has 3 nitrogen and oxygen atoms in total. The molecule has 0 aliphatic carbocycles. The molecule has 0 aromatic heterocycles. The Hall–Kier alpha value is -1.35. The molecule has 0 saturated carbocycles. The van der Waals surface area contributed by atoms with Gasteiger partial charge >= 0.3 is 5.97 Å². The predicted molar refractivity (Wildman–Crippen MR) is 84.9 cm³/mol. The molecule has 0 spiro atoms. The summed E-state index contributed by atoms with van der Waals surface area (Å²) in [4.78, 5) is 14.1. The van der Waals surface area contributed by atoms with E-state index in [1.807, 2.05) is 0 Å². The molecule has 1 aliphatic heterocycles. The number of rotatable bonds is 5. The van der Waals surface area contributed by atoms with Crippen LogP contribution in [0.3, 0.4) is 0 Å². The Morgan fingerprint density at radius 2 is 1.86 bits per heavy atom. The van der Waals surface area contributed by atoms with E-state index in [0.717, 1.165) is 32.5 Å². The fraction of sp³-hybridized carbons (Fsp3) is 0.611. The molecular weight excluding hydrogens is 262 g/mol. The number of hydrogen-bond donors (Lipinski definition) is 0. The summed E-state index contributed by atoms with van der Waals surface area (Å²) in [6, 6.07) is 10.6. The lowest BCUT2D eigenvalue weighted by Crippen LogP contribution is -2.39. The van der Waals surface area contributed by atoms with Crippen molar-refractivity contribution in [3.05, 3.63) is 35.9 Å². The molecule has 0 N–H and O–H groups in total. The van der Waals surface area contributed by atoms with E-state index in [4.69, 9.17) is 4.74 Å². The van der Waals surface area contributed by atoms with Crippen LogP contribution in [0, 0.1) is 11.3 Å². The van der Waals surface area contributed by atoms with Crippen LogP contribution in [0.25, 0.3) is 0 Å². The van der Waals surface area contributed by atoms with Crippen molar-refractivity contribution in [2.75, 3.05) is 20.2 Å². The van der Waals surface area contributed by atoms with Crippen molar-refractivity contribution in [1.82, 2.24) is 4.90 Å². The number of piperidine rings is 1. The van der Waals surface area contributed by atoms with Crippen LogP contribution in [0.15, 0.2) is 30.3 Å². The second-order valence-corrected chi connectivity index (χ2v) is 6.78. The first-order valence-electron chi connectivity index (χ1n) is 7.84. The molecule has 0 radical (unpaired) electrons. The first kappa shape index (κ1) is 16.0. The van der Waals surface area contributed by atoms with E-state index < -0.39 is 0 Å². The van der Waals surface area contributed by atoms with Crippen LogP contribution < -0.4 is 0 Å². The van der Waals surface area contributed by atoms with Crippen LogP contribution in [-0.4, -0.2) is 31.1 Å². The van der Waals surface area contributed by atoms with Gasteiger partial charge in [0, 0.05) is 6.54 Å². The lowest BCUT2D eigenvalue weighted by Gasteiger charge is -2.40. The Bertz CT molecular complexity index is 448. The third-order valence-electron chi connectivity index (χ3n) is 4.77. The number of carbonyl (C=O) groups is 1. The van der Waals surface area contributed by atoms with Gasteiger partial charge in [-0.3, -0.25) is 9.69 Å². The van der Waals surface area contributed by atoms with Crippen LogP contribution in [0.2, 0.25) is 0 Å². The standard InChI is InChI=1S/C18H27NO2/c1-18(2,13-17(20)21-3)16-9-11-19(12-10-16)14-15-7-5-4-6-8-15/h4-8,16H,9-14H2,1-3H3. The van der Waals surface area contributed by atoms with E-state index in [2.05, 4.69) is 49.1 Å². The summed E-state index contributed by atoms with van der Waals surface area (Å²) in [5.74, 6) is 0.510. The number of esters is 1. The molecule has 21 heavy (non-hydrogen) atoms. The van der Waals surface area contributed by atoms with Crippen molar-refractivity contribution in [2.45, 2.75) is 39.7 Å². The zero-order valence-corrected chi connectivity index (χ0v) is 13.5. The van der Waals surface area contributed by atoms with Crippen LogP contribution >= 0.6 is 0 Å². The third kappa shape index (κ3) is 4.57. The Kier molecular flexibility index (Phi) is 5.40. The van der Waals surface area contributed by atoms with Gasteiger partial charge in [-0.15, -0.1) is 0 Å². The van der Waals surface area contributed by atoms with Crippen molar-refractivity contribution in [1.29, 1.82) is 0 Å². The second-order valence-electron chi connectivity index (χ2n) is 6.78. The highest BCUT2D eigenvalue weighted by molar-refractivity contribution is 5.70. The van der Waals surface area contributed by atoms with E-state index in [0.29, 0.717) is 12.3 Å². The highest BCUT2D eigenvalue weighted by Crippen LogP contribution is 2.38. The quantitative estimate of drug-likeness (QED) is 0.777. The number of likely N-dealkylation sites (tertiary alicyclic amines) is 1. The smallest absolute Gasteiger partial charge is 0.306 e. The summed E-state index contributed by atoms with van der Waals surface area (Å²) < 4.78 is 4.83. The molecule has 1 aromatic rings. The molecule has 0 unspecified atom stereocenters. The van der Waals surface area contributed by atoms with Crippen molar-refractivity contribution in [3.63, 3.8) is 0 Å². The molecule has 2 rings (SSSR count). The van der Waals surface area contributed by atoms with E-state index in [1.54, 1.807) is 0 Å². The Morgan fingerprint density at radius 1 is 1.24 bits per heavy atom. The van der Waals surface area contributed by atoms with Gasteiger partial charge in [0.15, 0.2) is 0 Å². The van der Waals surface area contributed by atoms with Gasteiger partial charge in [-0.05, 0) is 42.8 Å². The molecule has 1 heterocycles. The predicted octanol–water partition coefficient (Wildman–Crippen LogP) is 3.49. The highest BCUT2D eigenvalue weighted by atomic mass is 16.5. The highest BCUT2D eigenvalue weighted by Gasteiger charge is 2.34. The van der Waals surface area contributed by atoms with Gasteiger partial charge in [0.05, 0.1) is 13.5 Å². The third-order valence-corrected chi connectivity index (χ3v) is 4.77. The summed E-state index contributed by atoms with van der Waals surface area (Å²) in [7, 11) is 1.47.